The average Bonchev–Trinajstić information content (AvgIpc) is 2.52. The molecule has 1 heterocycles. The molecule has 0 saturated carbocycles. The van der Waals surface area contributed by atoms with E-state index in [4.69, 9.17) is 0 Å². The van der Waals surface area contributed by atoms with E-state index in [-0.39, 0.29) is 0 Å². The summed E-state index contributed by atoms with van der Waals surface area (Å²) in [4.78, 5) is 4.51. The first kappa shape index (κ1) is 14.5. The fourth-order valence-corrected chi connectivity index (χ4v) is 2.44. The van der Waals surface area contributed by atoms with Crippen molar-refractivity contribution in [2.24, 2.45) is 0 Å². The summed E-state index contributed by atoms with van der Waals surface area (Å²) in [6.45, 7) is 4.47. The highest BCUT2D eigenvalue weighted by Gasteiger charge is 2.09. The molecule has 2 aromatic rings. The number of allylic oxidation sites excluding steroid dienone is 2. The molecule has 0 unspecified atom stereocenters. The van der Waals surface area contributed by atoms with Crippen molar-refractivity contribution < 1.29 is 0 Å². The zero-order valence-corrected chi connectivity index (χ0v) is 12.5. The molecule has 0 N–H and O–H groups in total. The van der Waals surface area contributed by atoms with E-state index < -0.39 is 0 Å². The minimum Gasteiger partial charge on any atom is -0.256 e. The Labute approximate surface area is 122 Å². The molecule has 0 radical (unpaired) electrons. The maximum atomic E-state index is 4.51. The Bertz CT molecular complexity index is 555. The first-order chi connectivity index (χ1) is 9.86. The molecule has 1 heteroatoms. The van der Waals surface area contributed by atoms with Crippen LogP contribution in [-0.4, -0.2) is 4.98 Å². The van der Waals surface area contributed by atoms with Gasteiger partial charge >= 0.3 is 0 Å². The molecule has 104 valence electrons. The largest absolute Gasteiger partial charge is 0.256 e. The molecular weight excluding hydrogens is 242 g/mol. The molecule has 0 amide bonds. The van der Waals surface area contributed by atoms with Gasteiger partial charge in [0.2, 0.25) is 0 Å². The Morgan fingerprint density at radius 1 is 1.00 bits per heavy atom. The van der Waals surface area contributed by atoms with Gasteiger partial charge in [-0.3, -0.25) is 4.98 Å². The van der Waals surface area contributed by atoms with Crippen LogP contribution in [-0.2, 0) is 0 Å². The van der Waals surface area contributed by atoms with Crippen molar-refractivity contribution in [3.05, 3.63) is 60.3 Å². The second kappa shape index (κ2) is 7.64. The lowest BCUT2D eigenvalue weighted by Gasteiger charge is -2.12. The van der Waals surface area contributed by atoms with E-state index in [1.807, 2.05) is 18.3 Å². The SMILES string of the molecule is CCC/C=C(\CCC)c1ccccc1-c1ccccn1. The molecule has 1 aromatic carbocycles. The molecule has 1 aromatic heterocycles. The Hall–Kier alpha value is -1.89. The molecule has 20 heavy (non-hydrogen) atoms. The van der Waals surface area contributed by atoms with Gasteiger partial charge in [-0.25, -0.2) is 0 Å². The van der Waals surface area contributed by atoms with Gasteiger partial charge < -0.3 is 0 Å². The summed E-state index contributed by atoms with van der Waals surface area (Å²) < 4.78 is 0. The molecule has 0 atom stereocenters. The maximum absolute atomic E-state index is 4.51. The van der Waals surface area contributed by atoms with Crippen LogP contribution in [0.4, 0.5) is 0 Å². The minimum atomic E-state index is 1.06. The number of hydrogen-bond acceptors (Lipinski definition) is 1. The van der Waals surface area contributed by atoms with Gasteiger partial charge in [0.05, 0.1) is 5.69 Å². The van der Waals surface area contributed by atoms with Crippen molar-refractivity contribution in [2.45, 2.75) is 39.5 Å². The lowest BCUT2D eigenvalue weighted by molar-refractivity contribution is 0.933. The van der Waals surface area contributed by atoms with Crippen LogP contribution >= 0.6 is 0 Å². The van der Waals surface area contributed by atoms with E-state index in [0.717, 1.165) is 18.5 Å². The van der Waals surface area contributed by atoms with Gasteiger partial charge in [-0.05, 0) is 36.1 Å². The number of pyridine rings is 1. The summed E-state index contributed by atoms with van der Waals surface area (Å²) in [5.41, 5.74) is 5.09. The molecule has 0 fully saturated rings. The average molecular weight is 265 g/mol. The highest BCUT2D eigenvalue weighted by atomic mass is 14.7. The summed E-state index contributed by atoms with van der Waals surface area (Å²) >= 11 is 0. The minimum absolute atomic E-state index is 1.06. The summed E-state index contributed by atoms with van der Waals surface area (Å²) in [6, 6.07) is 14.7. The number of aromatic nitrogens is 1. The van der Waals surface area contributed by atoms with Gasteiger partial charge in [-0.1, -0.05) is 63.1 Å². The molecule has 0 aliphatic carbocycles. The predicted octanol–water partition coefficient (Wildman–Crippen LogP) is 5.73. The van der Waals surface area contributed by atoms with Crippen molar-refractivity contribution in [1.29, 1.82) is 0 Å². The highest BCUT2D eigenvalue weighted by Crippen LogP contribution is 2.30. The fourth-order valence-electron chi connectivity index (χ4n) is 2.44. The van der Waals surface area contributed by atoms with Crippen LogP contribution < -0.4 is 0 Å². The molecule has 0 aliphatic rings. The topological polar surface area (TPSA) is 12.9 Å². The maximum Gasteiger partial charge on any atom is 0.0708 e. The molecule has 0 spiro atoms. The van der Waals surface area contributed by atoms with E-state index in [0.29, 0.717) is 0 Å². The lowest BCUT2D eigenvalue weighted by Crippen LogP contribution is -1.92. The molecule has 2 rings (SSSR count). The first-order valence-corrected chi connectivity index (χ1v) is 7.56. The molecule has 0 aliphatic heterocycles. The van der Waals surface area contributed by atoms with Gasteiger partial charge in [0.15, 0.2) is 0 Å². The third kappa shape index (κ3) is 3.57. The van der Waals surface area contributed by atoms with Crippen LogP contribution in [0.15, 0.2) is 54.7 Å². The quantitative estimate of drug-likeness (QED) is 0.649. The summed E-state index contributed by atoms with van der Waals surface area (Å²) in [6.07, 6.45) is 8.90. The Morgan fingerprint density at radius 2 is 1.80 bits per heavy atom. The highest BCUT2D eigenvalue weighted by molar-refractivity contribution is 5.79. The number of unbranched alkanes of at least 4 members (excludes halogenated alkanes) is 1. The van der Waals surface area contributed by atoms with E-state index >= 15 is 0 Å². The molecule has 0 saturated heterocycles. The van der Waals surface area contributed by atoms with Crippen molar-refractivity contribution in [1.82, 2.24) is 4.98 Å². The Morgan fingerprint density at radius 3 is 2.50 bits per heavy atom. The zero-order valence-electron chi connectivity index (χ0n) is 12.5. The normalized spacial score (nSPS) is 11.6. The molecule has 1 nitrogen and oxygen atoms in total. The van der Waals surface area contributed by atoms with Crippen molar-refractivity contribution >= 4 is 5.57 Å². The van der Waals surface area contributed by atoms with Crippen LogP contribution in [0.5, 0.6) is 0 Å². The van der Waals surface area contributed by atoms with E-state index in [1.165, 1.54) is 29.5 Å². The van der Waals surface area contributed by atoms with Crippen LogP contribution in [0.1, 0.15) is 45.1 Å². The van der Waals surface area contributed by atoms with E-state index in [9.17, 15) is 0 Å². The van der Waals surface area contributed by atoms with Gasteiger partial charge in [-0.15, -0.1) is 0 Å². The number of benzene rings is 1. The number of nitrogens with zero attached hydrogens (tertiary/aromatic N) is 1. The van der Waals surface area contributed by atoms with Gasteiger partial charge in [0.1, 0.15) is 0 Å². The van der Waals surface area contributed by atoms with E-state index in [1.54, 1.807) is 0 Å². The van der Waals surface area contributed by atoms with Crippen molar-refractivity contribution in [3.8, 4) is 11.3 Å². The van der Waals surface area contributed by atoms with Crippen LogP contribution in [0.25, 0.3) is 16.8 Å². The van der Waals surface area contributed by atoms with Crippen LogP contribution in [0.3, 0.4) is 0 Å². The standard InChI is InChI=1S/C19H23N/c1-3-5-11-16(10-4-2)17-12-6-7-13-18(17)19-14-8-9-15-20-19/h6-9,11-15H,3-5,10H2,1-2H3/b16-11+. The predicted molar refractivity (Wildman–Crippen MR) is 87.5 cm³/mol. The fraction of sp³-hybridized carbons (Fsp3) is 0.316. The van der Waals surface area contributed by atoms with Crippen molar-refractivity contribution in [2.75, 3.05) is 0 Å². The van der Waals surface area contributed by atoms with Gasteiger partial charge in [-0.2, -0.15) is 0 Å². The van der Waals surface area contributed by atoms with Crippen molar-refractivity contribution in [3.63, 3.8) is 0 Å². The second-order valence-corrected chi connectivity index (χ2v) is 5.03. The summed E-state index contributed by atoms with van der Waals surface area (Å²) in [7, 11) is 0. The smallest absolute Gasteiger partial charge is 0.0708 e. The van der Waals surface area contributed by atoms with Gasteiger partial charge in [0, 0.05) is 11.8 Å². The second-order valence-electron chi connectivity index (χ2n) is 5.03. The van der Waals surface area contributed by atoms with E-state index in [2.05, 4.69) is 55.2 Å². The third-order valence-corrected chi connectivity index (χ3v) is 3.41. The third-order valence-electron chi connectivity index (χ3n) is 3.41. The Balaban J connectivity index is 2.45. The summed E-state index contributed by atoms with van der Waals surface area (Å²) in [5.74, 6) is 0. The zero-order chi connectivity index (χ0) is 14.2. The Kier molecular flexibility index (Phi) is 5.55. The molecule has 0 bridgehead atoms. The molecular formula is C19H23N. The number of rotatable bonds is 6. The van der Waals surface area contributed by atoms with Crippen LogP contribution in [0, 0.1) is 0 Å². The first-order valence-electron chi connectivity index (χ1n) is 7.56. The number of hydrogen-bond donors (Lipinski definition) is 0. The summed E-state index contributed by atoms with van der Waals surface area (Å²) in [5, 5.41) is 0. The monoisotopic (exact) mass is 265 g/mol. The van der Waals surface area contributed by atoms with Gasteiger partial charge in [0.25, 0.3) is 0 Å². The lowest BCUT2D eigenvalue weighted by atomic mass is 9.93. The van der Waals surface area contributed by atoms with Crippen LogP contribution in [0.2, 0.25) is 0 Å².